The zero-order chi connectivity index (χ0) is 14.6. The normalized spacial score (nSPS) is 11.5. The summed E-state index contributed by atoms with van der Waals surface area (Å²) in [7, 11) is 0. The van der Waals surface area contributed by atoms with Crippen molar-refractivity contribution in [3.05, 3.63) is 33.3 Å². The van der Waals surface area contributed by atoms with Gasteiger partial charge in [0.15, 0.2) is 0 Å². The van der Waals surface area contributed by atoms with Crippen molar-refractivity contribution in [3.8, 4) is 0 Å². The molecule has 0 heterocycles. The van der Waals surface area contributed by atoms with Crippen molar-refractivity contribution >= 4 is 33.4 Å². The van der Waals surface area contributed by atoms with Crippen LogP contribution in [0.4, 0.5) is 13.2 Å². The Morgan fingerprint density at radius 3 is 2.58 bits per heavy atom. The minimum Gasteiger partial charge on any atom is -0.330 e. The Morgan fingerprint density at radius 1 is 1.42 bits per heavy atom. The lowest BCUT2D eigenvalue weighted by atomic mass is 10.2. The van der Waals surface area contributed by atoms with E-state index in [1.54, 1.807) is 19.1 Å². The van der Waals surface area contributed by atoms with Crippen molar-refractivity contribution < 1.29 is 18.0 Å². The number of rotatable bonds is 4. The lowest BCUT2D eigenvalue weighted by Crippen LogP contribution is -2.39. The molecule has 0 atom stereocenters. The SMILES string of the molecule is CCCN(CC(F)(F)F)C(=O)c1cccc(Br)c1Cl. The van der Waals surface area contributed by atoms with Gasteiger partial charge in [0.05, 0.1) is 10.6 Å². The molecule has 7 heteroatoms. The third-order valence-corrected chi connectivity index (χ3v) is 3.63. The fraction of sp³-hybridized carbons (Fsp3) is 0.417. The van der Waals surface area contributed by atoms with Crippen molar-refractivity contribution in [1.29, 1.82) is 0 Å². The van der Waals surface area contributed by atoms with Crippen LogP contribution in [-0.4, -0.2) is 30.1 Å². The largest absolute Gasteiger partial charge is 0.406 e. The summed E-state index contributed by atoms with van der Waals surface area (Å²) in [6, 6.07) is 4.59. The highest BCUT2D eigenvalue weighted by Gasteiger charge is 2.33. The van der Waals surface area contributed by atoms with Crippen LogP contribution in [-0.2, 0) is 0 Å². The molecule has 0 bridgehead atoms. The van der Waals surface area contributed by atoms with Gasteiger partial charge in [0.25, 0.3) is 5.91 Å². The maximum absolute atomic E-state index is 12.4. The molecule has 106 valence electrons. The van der Waals surface area contributed by atoms with E-state index in [0.717, 1.165) is 4.90 Å². The predicted octanol–water partition coefficient (Wildman–Crippen LogP) is 4.52. The molecule has 0 N–H and O–H groups in total. The van der Waals surface area contributed by atoms with Gasteiger partial charge in [-0.3, -0.25) is 4.79 Å². The van der Waals surface area contributed by atoms with Crippen molar-refractivity contribution in [2.75, 3.05) is 13.1 Å². The minimum atomic E-state index is -4.43. The Labute approximate surface area is 122 Å². The lowest BCUT2D eigenvalue weighted by Gasteiger charge is -2.24. The summed E-state index contributed by atoms with van der Waals surface area (Å²) >= 11 is 9.07. The zero-order valence-electron chi connectivity index (χ0n) is 10.1. The molecule has 1 aromatic rings. The number of amides is 1. The fourth-order valence-electron chi connectivity index (χ4n) is 1.58. The highest BCUT2D eigenvalue weighted by atomic mass is 79.9. The number of halogens is 5. The number of hydrogen-bond acceptors (Lipinski definition) is 1. The van der Waals surface area contributed by atoms with Gasteiger partial charge in [0, 0.05) is 11.0 Å². The number of hydrogen-bond donors (Lipinski definition) is 0. The summed E-state index contributed by atoms with van der Waals surface area (Å²) in [5, 5.41) is 0.121. The average molecular weight is 359 g/mol. The Morgan fingerprint density at radius 2 is 2.05 bits per heavy atom. The van der Waals surface area contributed by atoms with Crippen LogP contribution in [0, 0.1) is 0 Å². The molecular weight excluding hydrogens is 346 g/mol. The Kier molecular flexibility index (Phi) is 5.67. The highest BCUT2D eigenvalue weighted by molar-refractivity contribution is 9.10. The number of nitrogens with zero attached hydrogens (tertiary/aromatic N) is 1. The summed E-state index contributed by atoms with van der Waals surface area (Å²) in [5.41, 5.74) is 0.0636. The molecule has 1 aromatic carbocycles. The second-order valence-corrected chi connectivity index (χ2v) is 5.18. The average Bonchev–Trinajstić information content (AvgIpc) is 2.30. The van der Waals surface area contributed by atoms with E-state index in [9.17, 15) is 18.0 Å². The molecule has 0 aliphatic heterocycles. The molecule has 1 amide bonds. The van der Waals surface area contributed by atoms with Crippen molar-refractivity contribution in [3.63, 3.8) is 0 Å². The molecule has 0 spiro atoms. The van der Waals surface area contributed by atoms with Crippen molar-refractivity contribution in [2.45, 2.75) is 19.5 Å². The molecular formula is C12H12BrClF3NO. The fourth-order valence-corrected chi connectivity index (χ4v) is 2.15. The topological polar surface area (TPSA) is 20.3 Å². The van der Waals surface area contributed by atoms with Gasteiger partial charge in [-0.2, -0.15) is 13.2 Å². The van der Waals surface area contributed by atoms with E-state index in [0.29, 0.717) is 10.9 Å². The third-order valence-electron chi connectivity index (χ3n) is 2.33. The van der Waals surface area contributed by atoms with Gasteiger partial charge in [-0.05, 0) is 34.5 Å². The smallest absolute Gasteiger partial charge is 0.330 e. The molecule has 0 radical (unpaired) electrons. The molecule has 0 saturated carbocycles. The summed E-state index contributed by atoms with van der Waals surface area (Å²) in [6.45, 7) is 0.461. The first kappa shape index (κ1) is 16.3. The van der Waals surface area contributed by atoms with Gasteiger partial charge >= 0.3 is 6.18 Å². The molecule has 1 rings (SSSR count). The van der Waals surface area contributed by atoms with E-state index < -0.39 is 18.6 Å². The third kappa shape index (κ3) is 4.69. The van der Waals surface area contributed by atoms with Crippen LogP contribution in [0.25, 0.3) is 0 Å². The zero-order valence-corrected chi connectivity index (χ0v) is 12.4. The monoisotopic (exact) mass is 357 g/mol. The second kappa shape index (κ2) is 6.61. The van der Waals surface area contributed by atoms with E-state index in [1.807, 2.05) is 0 Å². The van der Waals surface area contributed by atoms with Gasteiger partial charge in [0.1, 0.15) is 6.54 Å². The van der Waals surface area contributed by atoms with E-state index >= 15 is 0 Å². The van der Waals surface area contributed by atoms with Gasteiger partial charge in [-0.1, -0.05) is 24.6 Å². The standard InChI is InChI=1S/C12H12BrClF3NO/c1-2-6-18(7-12(15,16)17)11(19)8-4-3-5-9(13)10(8)14/h3-5H,2,6-7H2,1H3. The van der Waals surface area contributed by atoms with Gasteiger partial charge in [0.2, 0.25) is 0 Å². The molecule has 2 nitrogen and oxygen atoms in total. The first-order valence-electron chi connectivity index (χ1n) is 5.56. The lowest BCUT2D eigenvalue weighted by molar-refractivity contribution is -0.140. The van der Waals surface area contributed by atoms with E-state index in [1.165, 1.54) is 6.07 Å². The summed E-state index contributed by atoms with van der Waals surface area (Å²) in [6.07, 6.45) is -3.99. The number of carbonyl (C=O) groups is 1. The van der Waals surface area contributed by atoms with Crippen LogP contribution in [0.3, 0.4) is 0 Å². The van der Waals surface area contributed by atoms with Crippen LogP contribution < -0.4 is 0 Å². The Balaban J connectivity index is 3.02. The molecule has 0 unspecified atom stereocenters. The van der Waals surface area contributed by atoms with E-state index in [2.05, 4.69) is 15.9 Å². The maximum atomic E-state index is 12.4. The van der Waals surface area contributed by atoms with Gasteiger partial charge < -0.3 is 4.90 Å². The first-order valence-corrected chi connectivity index (χ1v) is 6.73. The summed E-state index contributed by atoms with van der Waals surface area (Å²) in [4.78, 5) is 12.9. The van der Waals surface area contributed by atoms with Gasteiger partial charge in [-0.15, -0.1) is 0 Å². The molecule has 0 aliphatic rings. The summed E-state index contributed by atoms with van der Waals surface area (Å²) in [5.74, 6) is -0.717. The predicted molar refractivity (Wildman–Crippen MR) is 71.4 cm³/mol. The molecule has 0 saturated heterocycles. The van der Waals surface area contributed by atoms with Crippen LogP contribution in [0.1, 0.15) is 23.7 Å². The van der Waals surface area contributed by atoms with Crippen molar-refractivity contribution in [1.82, 2.24) is 4.90 Å². The number of benzene rings is 1. The van der Waals surface area contributed by atoms with Crippen LogP contribution in [0.15, 0.2) is 22.7 Å². The van der Waals surface area contributed by atoms with E-state index in [4.69, 9.17) is 11.6 Å². The molecule has 0 aromatic heterocycles. The van der Waals surface area contributed by atoms with Crippen LogP contribution in [0.2, 0.25) is 5.02 Å². The molecule has 0 fully saturated rings. The summed E-state index contributed by atoms with van der Waals surface area (Å²) < 4.78 is 37.8. The quantitative estimate of drug-likeness (QED) is 0.775. The number of carbonyl (C=O) groups excluding carboxylic acids is 1. The van der Waals surface area contributed by atoms with Crippen molar-refractivity contribution in [2.24, 2.45) is 0 Å². The number of alkyl halides is 3. The second-order valence-electron chi connectivity index (χ2n) is 3.94. The first-order chi connectivity index (χ1) is 8.76. The maximum Gasteiger partial charge on any atom is 0.406 e. The molecule has 0 aliphatic carbocycles. The van der Waals surface area contributed by atoms with Crippen LogP contribution >= 0.6 is 27.5 Å². The Hall–Kier alpha value is -0.750. The molecule has 19 heavy (non-hydrogen) atoms. The Bertz CT molecular complexity index is 465. The minimum absolute atomic E-state index is 0.0290. The highest BCUT2D eigenvalue weighted by Crippen LogP contribution is 2.28. The van der Waals surface area contributed by atoms with Crippen LogP contribution in [0.5, 0.6) is 0 Å². The van der Waals surface area contributed by atoms with Gasteiger partial charge in [-0.25, -0.2) is 0 Å². The van der Waals surface area contributed by atoms with E-state index in [-0.39, 0.29) is 17.1 Å².